The molecule has 3 rings (SSSR count). The van der Waals surface area contributed by atoms with E-state index in [-0.39, 0.29) is 5.92 Å². The maximum absolute atomic E-state index is 9.10. The van der Waals surface area contributed by atoms with Crippen LogP contribution in [0.5, 0.6) is 0 Å². The van der Waals surface area contributed by atoms with Crippen molar-refractivity contribution in [3.05, 3.63) is 35.9 Å². The Labute approximate surface area is 96.5 Å². The van der Waals surface area contributed by atoms with Crippen LogP contribution >= 0.6 is 0 Å². The van der Waals surface area contributed by atoms with Gasteiger partial charge in [0, 0.05) is 19.1 Å². The molecule has 2 heteroatoms. The lowest BCUT2D eigenvalue weighted by atomic mass is 9.99. The van der Waals surface area contributed by atoms with E-state index < -0.39 is 0 Å². The van der Waals surface area contributed by atoms with Gasteiger partial charge >= 0.3 is 0 Å². The highest BCUT2D eigenvalue weighted by atomic mass is 15.2. The molecule has 82 valence electrons. The van der Waals surface area contributed by atoms with Gasteiger partial charge in [-0.15, -0.1) is 0 Å². The van der Waals surface area contributed by atoms with E-state index in [9.17, 15) is 0 Å². The number of hydrogen-bond acceptors (Lipinski definition) is 2. The van der Waals surface area contributed by atoms with Crippen LogP contribution < -0.4 is 0 Å². The molecule has 1 saturated heterocycles. The van der Waals surface area contributed by atoms with Crippen LogP contribution in [0.3, 0.4) is 0 Å². The highest BCUT2D eigenvalue weighted by molar-refractivity contribution is 5.16. The Balaban J connectivity index is 1.72. The zero-order valence-electron chi connectivity index (χ0n) is 9.34. The molecule has 1 heterocycles. The van der Waals surface area contributed by atoms with Gasteiger partial charge < -0.3 is 0 Å². The molecule has 1 aromatic carbocycles. The molecule has 16 heavy (non-hydrogen) atoms. The second-order valence-electron chi connectivity index (χ2n) is 5.06. The van der Waals surface area contributed by atoms with E-state index in [4.69, 9.17) is 5.26 Å². The van der Waals surface area contributed by atoms with E-state index in [0.717, 1.165) is 18.9 Å². The van der Waals surface area contributed by atoms with Crippen LogP contribution in [-0.4, -0.2) is 17.5 Å². The zero-order chi connectivity index (χ0) is 11.0. The summed E-state index contributed by atoms with van der Waals surface area (Å²) >= 11 is 0. The normalized spacial score (nSPS) is 32.8. The number of benzene rings is 1. The lowest BCUT2D eigenvalue weighted by Gasteiger charge is -2.29. The molecule has 0 radical (unpaired) electrons. The fourth-order valence-corrected chi connectivity index (χ4v) is 3.28. The summed E-state index contributed by atoms with van der Waals surface area (Å²) in [7, 11) is 0. The first-order valence-corrected chi connectivity index (χ1v) is 6.04. The first-order valence-electron chi connectivity index (χ1n) is 6.04. The summed E-state index contributed by atoms with van der Waals surface area (Å²) in [6.45, 7) is 2.21. The van der Waals surface area contributed by atoms with E-state index in [0.29, 0.717) is 6.04 Å². The molecule has 1 aromatic rings. The van der Waals surface area contributed by atoms with Gasteiger partial charge in [-0.1, -0.05) is 30.3 Å². The second-order valence-corrected chi connectivity index (χ2v) is 5.06. The Morgan fingerprint density at radius 1 is 1.25 bits per heavy atom. The van der Waals surface area contributed by atoms with Gasteiger partial charge in [0.05, 0.1) is 12.0 Å². The molecule has 2 fully saturated rings. The van der Waals surface area contributed by atoms with Crippen molar-refractivity contribution in [2.45, 2.75) is 25.4 Å². The number of fused-ring (bicyclic) bond motifs is 2. The van der Waals surface area contributed by atoms with Crippen LogP contribution in [0.15, 0.2) is 30.3 Å². The van der Waals surface area contributed by atoms with Gasteiger partial charge in [0.2, 0.25) is 0 Å². The third-order valence-corrected chi connectivity index (χ3v) is 3.98. The third kappa shape index (κ3) is 1.62. The van der Waals surface area contributed by atoms with Crippen molar-refractivity contribution in [1.82, 2.24) is 4.90 Å². The summed E-state index contributed by atoms with van der Waals surface area (Å²) < 4.78 is 0. The topological polar surface area (TPSA) is 27.0 Å². The number of nitrogens with zero attached hydrogens (tertiary/aromatic N) is 2. The molecule has 0 spiro atoms. The Hall–Kier alpha value is -1.33. The maximum Gasteiger partial charge on any atom is 0.0672 e. The van der Waals surface area contributed by atoms with Gasteiger partial charge in [0.25, 0.3) is 0 Å². The van der Waals surface area contributed by atoms with Crippen LogP contribution in [0.1, 0.15) is 18.4 Å². The van der Waals surface area contributed by atoms with Gasteiger partial charge in [-0.3, -0.25) is 4.90 Å². The SMILES string of the molecule is N#C[C@@H]1C[C@H]2C[C@@H]1N(Cc1ccccc1)C2. The van der Waals surface area contributed by atoms with Gasteiger partial charge in [-0.05, 0) is 24.3 Å². The lowest BCUT2D eigenvalue weighted by molar-refractivity contribution is 0.175. The fourth-order valence-electron chi connectivity index (χ4n) is 3.28. The zero-order valence-corrected chi connectivity index (χ0v) is 9.34. The van der Waals surface area contributed by atoms with E-state index in [1.807, 2.05) is 0 Å². The molecule has 0 amide bonds. The number of rotatable bonds is 2. The molecule has 1 saturated carbocycles. The standard InChI is InChI=1S/C14H16N2/c15-8-13-6-12-7-14(13)16(10-12)9-11-4-2-1-3-5-11/h1-5,12-14H,6-7,9-10H2/t12-,13-,14-/m0/s1. The van der Waals surface area contributed by atoms with Crippen molar-refractivity contribution in [2.75, 3.05) is 6.54 Å². The van der Waals surface area contributed by atoms with Crippen molar-refractivity contribution in [3.8, 4) is 6.07 Å². The highest BCUT2D eigenvalue weighted by Crippen LogP contribution is 2.41. The average molecular weight is 212 g/mol. The number of piperidine rings is 1. The molecular formula is C14H16N2. The average Bonchev–Trinajstić information content (AvgIpc) is 2.89. The summed E-state index contributed by atoms with van der Waals surface area (Å²) in [5.74, 6) is 1.06. The first-order chi connectivity index (χ1) is 7.86. The van der Waals surface area contributed by atoms with Crippen LogP contribution in [0.4, 0.5) is 0 Å². The van der Waals surface area contributed by atoms with Crippen LogP contribution in [0.25, 0.3) is 0 Å². The molecule has 1 aliphatic heterocycles. The van der Waals surface area contributed by atoms with Crippen molar-refractivity contribution in [3.63, 3.8) is 0 Å². The predicted octanol–water partition coefficient (Wildman–Crippen LogP) is 2.42. The summed E-state index contributed by atoms with van der Waals surface area (Å²) in [4.78, 5) is 2.50. The Bertz CT molecular complexity index is 406. The number of nitriles is 1. The third-order valence-electron chi connectivity index (χ3n) is 3.98. The molecule has 3 atom stereocenters. The molecule has 0 N–H and O–H groups in total. The molecule has 0 unspecified atom stereocenters. The highest BCUT2D eigenvalue weighted by Gasteiger charge is 2.44. The molecule has 0 aromatic heterocycles. The number of hydrogen-bond donors (Lipinski definition) is 0. The first kappa shape index (κ1) is 9.86. The Morgan fingerprint density at radius 2 is 2.06 bits per heavy atom. The predicted molar refractivity (Wildman–Crippen MR) is 62.5 cm³/mol. The summed E-state index contributed by atoms with van der Waals surface area (Å²) in [5, 5.41) is 9.10. The van der Waals surface area contributed by atoms with E-state index in [1.165, 1.54) is 18.5 Å². The number of likely N-dealkylation sites (tertiary alicyclic amines) is 1. The van der Waals surface area contributed by atoms with Crippen molar-refractivity contribution in [2.24, 2.45) is 11.8 Å². The second kappa shape index (κ2) is 3.92. The van der Waals surface area contributed by atoms with E-state index >= 15 is 0 Å². The fraction of sp³-hybridized carbons (Fsp3) is 0.500. The smallest absolute Gasteiger partial charge is 0.0672 e. The Morgan fingerprint density at radius 3 is 2.75 bits per heavy atom. The minimum absolute atomic E-state index is 0.280. The van der Waals surface area contributed by atoms with Crippen LogP contribution in [0.2, 0.25) is 0 Å². The quantitative estimate of drug-likeness (QED) is 0.752. The summed E-state index contributed by atoms with van der Waals surface area (Å²) in [5.41, 5.74) is 1.37. The van der Waals surface area contributed by atoms with Crippen molar-refractivity contribution >= 4 is 0 Å². The van der Waals surface area contributed by atoms with Gasteiger partial charge in [0.15, 0.2) is 0 Å². The molecular weight excluding hydrogens is 196 g/mol. The van der Waals surface area contributed by atoms with E-state index in [1.54, 1.807) is 0 Å². The maximum atomic E-state index is 9.10. The minimum atomic E-state index is 0.280. The molecule has 2 bridgehead atoms. The minimum Gasteiger partial charge on any atom is -0.295 e. The molecule has 2 aliphatic rings. The van der Waals surface area contributed by atoms with E-state index in [2.05, 4.69) is 41.3 Å². The summed E-state index contributed by atoms with van der Waals surface area (Å²) in [6, 6.07) is 13.6. The summed E-state index contributed by atoms with van der Waals surface area (Å²) in [6.07, 6.45) is 2.37. The van der Waals surface area contributed by atoms with Crippen molar-refractivity contribution < 1.29 is 0 Å². The van der Waals surface area contributed by atoms with Gasteiger partial charge in [-0.25, -0.2) is 0 Å². The van der Waals surface area contributed by atoms with Gasteiger partial charge in [-0.2, -0.15) is 5.26 Å². The van der Waals surface area contributed by atoms with Crippen LogP contribution in [-0.2, 0) is 6.54 Å². The van der Waals surface area contributed by atoms with Gasteiger partial charge in [0.1, 0.15) is 0 Å². The Kier molecular flexibility index (Phi) is 2.41. The van der Waals surface area contributed by atoms with Crippen molar-refractivity contribution in [1.29, 1.82) is 5.26 Å². The largest absolute Gasteiger partial charge is 0.295 e. The molecule has 1 aliphatic carbocycles. The monoisotopic (exact) mass is 212 g/mol. The molecule has 2 nitrogen and oxygen atoms in total. The van der Waals surface area contributed by atoms with Crippen LogP contribution in [0, 0.1) is 23.2 Å². The lowest BCUT2D eigenvalue weighted by Crippen LogP contribution is -2.36.